The van der Waals surface area contributed by atoms with Crippen molar-refractivity contribution in [2.45, 2.75) is 45.6 Å². The Morgan fingerprint density at radius 3 is 2.53 bits per heavy atom. The average molecular weight is 463 g/mol. The Labute approximate surface area is 184 Å². The molecule has 30 heavy (non-hydrogen) atoms. The van der Waals surface area contributed by atoms with Gasteiger partial charge < -0.3 is 8.98 Å². The third-order valence-electron chi connectivity index (χ3n) is 5.83. The first kappa shape index (κ1) is 20.4. The van der Waals surface area contributed by atoms with Crippen molar-refractivity contribution >= 4 is 27.8 Å². The molecule has 5 heteroatoms. The number of Topliss-reactive ketones (excluding diaryl/α,β-unsaturated/α-hetero) is 1. The predicted molar refractivity (Wildman–Crippen MR) is 121 cm³/mol. The number of aromatic nitrogens is 1. The molecule has 1 saturated carbocycles. The fourth-order valence-electron chi connectivity index (χ4n) is 4.37. The van der Waals surface area contributed by atoms with Gasteiger partial charge in [-0.15, -0.1) is 0 Å². The molecule has 0 amide bonds. The standard InChI is InChI=1S/C25H23BrN2O2/c1-16-13-23(17(2)28(16)21-5-3-4-6-21)25(29)19(15-27)14-22-11-12-24(30-22)18-7-9-20(26)10-8-18/h7-14,21H,3-6H2,1-2H3. The van der Waals surface area contributed by atoms with Crippen molar-refractivity contribution in [1.29, 1.82) is 5.26 Å². The molecular weight excluding hydrogens is 440 g/mol. The summed E-state index contributed by atoms with van der Waals surface area (Å²) in [6.07, 6.45) is 6.29. The van der Waals surface area contributed by atoms with Gasteiger partial charge in [-0.3, -0.25) is 4.79 Å². The van der Waals surface area contributed by atoms with E-state index in [1.165, 1.54) is 18.9 Å². The smallest absolute Gasteiger partial charge is 0.205 e. The van der Waals surface area contributed by atoms with Crippen molar-refractivity contribution in [3.05, 3.63) is 75.2 Å². The lowest BCUT2D eigenvalue weighted by Crippen LogP contribution is -2.10. The van der Waals surface area contributed by atoms with E-state index < -0.39 is 0 Å². The molecule has 0 unspecified atom stereocenters. The van der Waals surface area contributed by atoms with E-state index in [0.29, 0.717) is 23.1 Å². The van der Waals surface area contributed by atoms with E-state index in [1.54, 1.807) is 6.07 Å². The van der Waals surface area contributed by atoms with E-state index in [9.17, 15) is 10.1 Å². The first-order chi connectivity index (χ1) is 14.5. The van der Waals surface area contributed by atoms with Gasteiger partial charge in [0.25, 0.3) is 0 Å². The summed E-state index contributed by atoms with van der Waals surface area (Å²) in [4.78, 5) is 13.1. The van der Waals surface area contributed by atoms with E-state index in [1.807, 2.05) is 50.2 Å². The zero-order chi connectivity index (χ0) is 21.3. The summed E-state index contributed by atoms with van der Waals surface area (Å²) in [7, 11) is 0. The van der Waals surface area contributed by atoms with Crippen LogP contribution in [-0.4, -0.2) is 10.4 Å². The van der Waals surface area contributed by atoms with Crippen LogP contribution >= 0.6 is 15.9 Å². The van der Waals surface area contributed by atoms with Gasteiger partial charge in [-0.25, -0.2) is 0 Å². The normalized spacial score (nSPS) is 14.8. The zero-order valence-electron chi connectivity index (χ0n) is 17.1. The third-order valence-corrected chi connectivity index (χ3v) is 6.35. The maximum absolute atomic E-state index is 13.1. The Morgan fingerprint density at radius 2 is 1.87 bits per heavy atom. The number of nitrogens with zero attached hydrogens (tertiary/aromatic N) is 2. The van der Waals surface area contributed by atoms with Crippen molar-refractivity contribution in [2.75, 3.05) is 0 Å². The molecule has 0 spiro atoms. The van der Waals surface area contributed by atoms with E-state index in [2.05, 4.69) is 26.6 Å². The van der Waals surface area contributed by atoms with Crippen LogP contribution in [0, 0.1) is 25.2 Å². The SMILES string of the molecule is Cc1cc(C(=O)C(C#N)=Cc2ccc(-c3ccc(Br)cc3)o2)c(C)n1C1CCCC1. The second-order valence-corrected chi connectivity index (χ2v) is 8.72. The van der Waals surface area contributed by atoms with Gasteiger partial charge in [0.05, 0.1) is 0 Å². The van der Waals surface area contributed by atoms with Crippen molar-refractivity contribution in [1.82, 2.24) is 4.57 Å². The highest BCUT2D eigenvalue weighted by atomic mass is 79.9. The van der Waals surface area contributed by atoms with Crippen LogP contribution in [0.4, 0.5) is 0 Å². The number of allylic oxidation sites excluding steroid dienone is 1. The number of carbonyl (C=O) groups excluding carboxylic acids is 1. The maximum atomic E-state index is 13.1. The summed E-state index contributed by atoms with van der Waals surface area (Å²) in [5, 5.41) is 9.66. The van der Waals surface area contributed by atoms with Crippen LogP contribution < -0.4 is 0 Å². The van der Waals surface area contributed by atoms with E-state index in [0.717, 1.165) is 34.3 Å². The van der Waals surface area contributed by atoms with Gasteiger partial charge in [-0.1, -0.05) is 40.9 Å². The van der Waals surface area contributed by atoms with Crippen molar-refractivity contribution in [2.24, 2.45) is 0 Å². The summed E-state index contributed by atoms with van der Waals surface area (Å²) >= 11 is 3.42. The largest absolute Gasteiger partial charge is 0.457 e. The van der Waals surface area contributed by atoms with E-state index >= 15 is 0 Å². The van der Waals surface area contributed by atoms with Gasteiger partial charge in [0.2, 0.25) is 5.78 Å². The zero-order valence-corrected chi connectivity index (χ0v) is 18.7. The minimum atomic E-state index is -0.253. The van der Waals surface area contributed by atoms with Gasteiger partial charge in [0.1, 0.15) is 23.2 Å². The number of carbonyl (C=O) groups is 1. The molecule has 4 rings (SSSR count). The van der Waals surface area contributed by atoms with Crippen LogP contribution in [0.1, 0.15) is 59.2 Å². The minimum absolute atomic E-state index is 0.0818. The fourth-order valence-corrected chi connectivity index (χ4v) is 4.63. The molecule has 0 N–H and O–H groups in total. The van der Waals surface area contributed by atoms with Crippen LogP contribution in [0.2, 0.25) is 0 Å². The van der Waals surface area contributed by atoms with Crippen LogP contribution in [0.3, 0.4) is 0 Å². The Morgan fingerprint density at radius 1 is 1.17 bits per heavy atom. The summed E-state index contributed by atoms with van der Waals surface area (Å²) < 4.78 is 9.13. The van der Waals surface area contributed by atoms with E-state index in [4.69, 9.17) is 4.42 Å². The number of hydrogen-bond acceptors (Lipinski definition) is 3. The average Bonchev–Trinajstić information content (AvgIpc) is 3.47. The minimum Gasteiger partial charge on any atom is -0.457 e. The lowest BCUT2D eigenvalue weighted by molar-refractivity contribution is 0.103. The maximum Gasteiger partial charge on any atom is 0.205 e. The molecule has 3 aromatic rings. The highest BCUT2D eigenvalue weighted by Crippen LogP contribution is 2.34. The molecule has 4 nitrogen and oxygen atoms in total. The Hall–Kier alpha value is -2.84. The summed E-state index contributed by atoms with van der Waals surface area (Å²) in [6.45, 7) is 4.01. The Balaban J connectivity index is 1.62. The quantitative estimate of drug-likeness (QED) is 0.232. The van der Waals surface area contributed by atoms with Crippen LogP contribution in [0.5, 0.6) is 0 Å². The lowest BCUT2D eigenvalue weighted by atomic mass is 10.0. The van der Waals surface area contributed by atoms with Crippen LogP contribution in [0.25, 0.3) is 17.4 Å². The molecule has 1 aliphatic carbocycles. The summed E-state index contributed by atoms with van der Waals surface area (Å²) in [5.74, 6) is 0.928. The monoisotopic (exact) mass is 462 g/mol. The van der Waals surface area contributed by atoms with Crippen molar-refractivity contribution in [3.63, 3.8) is 0 Å². The number of furan rings is 1. The lowest BCUT2D eigenvalue weighted by Gasteiger charge is -2.17. The number of hydrogen-bond donors (Lipinski definition) is 0. The van der Waals surface area contributed by atoms with Crippen LogP contribution in [-0.2, 0) is 0 Å². The number of aryl methyl sites for hydroxylation is 1. The van der Waals surface area contributed by atoms with Gasteiger partial charge in [0, 0.05) is 39.1 Å². The summed E-state index contributed by atoms with van der Waals surface area (Å²) in [6, 6.07) is 15.8. The first-order valence-corrected chi connectivity index (χ1v) is 11.0. The first-order valence-electron chi connectivity index (χ1n) is 10.2. The molecule has 0 atom stereocenters. The second-order valence-electron chi connectivity index (χ2n) is 7.80. The number of ketones is 1. The van der Waals surface area contributed by atoms with Crippen molar-refractivity contribution in [3.8, 4) is 17.4 Å². The number of rotatable bonds is 5. The second kappa shape index (κ2) is 8.49. The fraction of sp³-hybridized carbons (Fsp3) is 0.280. The van der Waals surface area contributed by atoms with Gasteiger partial charge in [-0.05, 0) is 57.0 Å². The topological polar surface area (TPSA) is 58.9 Å². The molecular formula is C25H23BrN2O2. The molecule has 1 aromatic carbocycles. The summed E-state index contributed by atoms with van der Waals surface area (Å²) in [5.41, 5.74) is 3.64. The molecule has 2 heterocycles. The molecule has 0 aliphatic heterocycles. The highest BCUT2D eigenvalue weighted by molar-refractivity contribution is 9.10. The van der Waals surface area contributed by atoms with Crippen LogP contribution in [0.15, 0.2) is 56.9 Å². The van der Waals surface area contributed by atoms with E-state index in [-0.39, 0.29) is 11.4 Å². The molecule has 2 aromatic heterocycles. The number of nitriles is 1. The highest BCUT2D eigenvalue weighted by Gasteiger charge is 2.25. The van der Waals surface area contributed by atoms with Gasteiger partial charge in [-0.2, -0.15) is 5.26 Å². The molecule has 152 valence electrons. The number of halogens is 1. The van der Waals surface area contributed by atoms with Gasteiger partial charge >= 0.3 is 0 Å². The van der Waals surface area contributed by atoms with Crippen molar-refractivity contribution < 1.29 is 9.21 Å². The molecule has 0 saturated heterocycles. The third kappa shape index (κ3) is 3.93. The molecule has 1 aliphatic rings. The molecule has 0 bridgehead atoms. The number of benzene rings is 1. The van der Waals surface area contributed by atoms with Gasteiger partial charge in [0.15, 0.2) is 0 Å². The predicted octanol–water partition coefficient (Wildman–Crippen LogP) is 7.03. The molecule has 0 radical (unpaired) electrons. The molecule has 1 fully saturated rings. The Bertz CT molecular complexity index is 1150. The Kier molecular flexibility index (Phi) is 5.78.